The molecule has 1 atom stereocenters. The number of halogens is 1. The third kappa shape index (κ3) is 6.88. The van der Waals surface area contributed by atoms with E-state index >= 15 is 0 Å². The lowest BCUT2D eigenvalue weighted by Gasteiger charge is -2.32. The van der Waals surface area contributed by atoms with Gasteiger partial charge in [0, 0.05) is 49.1 Å². The standard InChI is InChI=1S/C34H40ClN3O3/c1-24-6-4-16-37(22-24)17-5-15-36-34(39)26-10-12-33(30(35)21-26)40-27-13-18-38(19-14-27)23-25-9-11-32-29(20-25)28-7-2-3-8-31(28)41-32/h2-3,7-12,20-21,24,27H,4-6,13-19,22-23H2,1H3,(H,36,39). The number of nitrogens with one attached hydrogen (secondary N) is 1. The molecule has 1 amide bonds. The second-order valence-electron chi connectivity index (χ2n) is 11.8. The Labute approximate surface area is 247 Å². The van der Waals surface area contributed by atoms with Gasteiger partial charge in [-0.1, -0.05) is 42.8 Å². The number of rotatable bonds is 9. The van der Waals surface area contributed by atoms with Gasteiger partial charge in [-0.25, -0.2) is 0 Å². The summed E-state index contributed by atoms with van der Waals surface area (Å²) in [4.78, 5) is 17.7. The van der Waals surface area contributed by atoms with Crippen molar-refractivity contribution in [2.75, 3.05) is 39.3 Å². The molecule has 41 heavy (non-hydrogen) atoms. The molecule has 2 aliphatic heterocycles. The molecule has 6 nitrogen and oxygen atoms in total. The monoisotopic (exact) mass is 573 g/mol. The topological polar surface area (TPSA) is 58.0 Å². The van der Waals surface area contributed by atoms with Crippen molar-refractivity contribution in [3.8, 4) is 5.75 Å². The van der Waals surface area contributed by atoms with E-state index in [0.29, 0.717) is 22.9 Å². The van der Waals surface area contributed by atoms with E-state index in [9.17, 15) is 4.79 Å². The van der Waals surface area contributed by atoms with Crippen LogP contribution in [0.1, 0.15) is 54.9 Å². The van der Waals surface area contributed by atoms with Crippen LogP contribution in [0.15, 0.2) is 65.1 Å². The van der Waals surface area contributed by atoms with Crippen LogP contribution in [0, 0.1) is 5.92 Å². The summed E-state index contributed by atoms with van der Waals surface area (Å²) in [6.45, 7) is 9.20. The Balaban J connectivity index is 0.958. The van der Waals surface area contributed by atoms with Crippen molar-refractivity contribution in [1.29, 1.82) is 0 Å². The summed E-state index contributed by atoms with van der Waals surface area (Å²) in [5.41, 5.74) is 3.74. The predicted octanol–water partition coefficient (Wildman–Crippen LogP) is 7.13. The molecule has 2 saturated heterocycles. The highest BCUT2D eigenvalue weighted by Crippen LogP contribution is 2.31. The Hall–Kier alpha value is -3.06. The van der Waals surface area contributed by atoms with Crippen molar-refractivity contribution in [2.45, 2.75) is 51.7 Å². The Morgan fingerprint density at radius 3 is 2.63 bits per heavy atom. The maximum Gasteiger partial charge on any atom is 0.251 e. The van der Waals surface area contributed by atoms with Crippen LogP contribution in [-0.4, -0.2) is 61.1 Å². The van der Waals surface area contributed by atoms with E-state index in [1.807, 2.05) is 24.3 Å². The summed E-state index contributed by atoms with van der Waals surface area (Å²) >= 11 is 6.56. The zero-order chi connectivity index (χ0) is 28.2. The number of hydrogen-bond acceptors (Lipinski definition) is 5. The van der Waals surface area contributed by atoms with Crippen LogP contribution in [0.4, 0.5) is 0 Å². The highest BCUT2D eigenvalue weighted by atomic mass is 35.5. The Morgan fingerprint density at radius 1 is 0.976 bits per heavy atom. The number of furan rings is 1. The minimum atomic E-state index is -0.0830. The molecule has 3 heterocycles. The van der Waals surface area contributed by atoms with E-state index in [1.54, 1.807) is 6.07 Å². The normalized spacial score (nSPS) is 19.1. The van der Waals surface area contributed by atoms with E-state index in [1.165, 1.54) is 42.3 Å². The number of carbonyl (C=O) groups excluding carboxylic acids is 1. The van der Waals surface area contributed by atoms with Crippen molar-refractivity contribution in [2.24, 2.45) is 5.92 Å². The molecule has 4 aromatic rings. The molecule has 1 aromatic heterocycles. The van der Waals surface area contributed by atoms with Crippen LogP contribution in [0.25, 0.3) is 21.9 Å². The number of para-hydroxylation sites is 1. The summed E-state index contributed by atoms with van der Waals surface area (Å²) in [5, 5.41) is 5.87. The van der Waals surface area contributed by atoms with Gasteiger partial charge in [-0.2, -0.15) is 0 Å². The summed E-state index contributed by atoms with van der Waals surface area (Å²) in [5.74, 6) is 1.34. The molecule has 1 N–H and O–H groups in total. The molecule has 3 aromatic carbocycles. The van der Waals surface area contributed by atoms with Gasteiger partial charge in [-0.3, -0.25) is 9.69 Å². The molecule has 7 heteroatoms. The smallest absolute Gasteiger partial charge is 0.251 e. The Bertz CT molecular complexity index is 1490. The largest absolute Gasteiger partial charge is 0.489 e. The molecule has 6 rings (SSSR count). The fraction of sp³-hybridized carbons (Fsp3) is 0.441. The van der Waals surface area contributed by atoms with E-state index in [-0.39, 0.29) is 12.0 Å². The number of piperidine rings is 2. The molecule has 0 spiro atoms. The minimum Gasteiger partial charge on any atom is -0.489 e. The van der Waals surface area contributed by atoms with Gasteiger partial charge in [0.15, 0.2) is 0 Å². The van der Waals surface area contributed by atoms with E-state index < -0.39 is 0 Å². The fourth-order valence-electron chi connectivity index (χ4n) is 6.33. The maximum absolute atomic E-state index is 12.7. The highest BCUT2D eigenvalue weighted by molar-refractivity contribution is 6.32. The van der Waals surface area contributed by atoms with Crippen LogP contribution in [0.3, 0.4) is 0 Å². The molecular formula is C34H40ClN3O3. The molecule has 2 aliphatic rings. The van der Waals surface area contributed by atoms with Gasteiger partial charge in [-0.05, 0) is 93.1 Å². The van der Waals surface area contributed by atoms with E-state index in [4.69, 9.17) is 20.8 Å². The van der Waals surface area contributed by atoms with Crippen molar-refractivity contribution >= 4 is 39.4 Å². The number of nitrogens with zero attached hydrogens (tertiary/aromatic N) is 2. The first kappa shape index (κ1) is 28.1. The van der Waals surface area contributed by atoms with Gasteiger partial charge in [0.25, 0.3) is 5.91 Å². The van der Waals surface area contributed by atoms with Gasteiger partial charge < -0.3 is 19.4 Å². The molecule has 2 fully saturated rings. The van der Waals surface area contributed by atoms with Crippen LogP contribution in [0.2, 0.25) is 5.02 Å². The molecule has 0 radical (unpaired) electrons. The molecule has 0 bridgehead atoms. The van der Waals surface area contributed by atoms with Crippen LogP contribution in [-0.2, 0) is 6.54 Å². The second kappa shape index (κ2) is 12.8. The van der Waals surface area contributed by atoms with Crippen molar-refractivity contribution in [3.05, 3.63) is 76.8 Å². The summed E-state index contributed by atoms with van der Waals surface area (Å²) in [7, 11) is 0. The number of ether oxygens (including phenoxy) is 1. The summed E-state index contributed by atoms with van der Waals surface area (Å²) in [6, 6.07) is 20.1. The number of carbonyl (C=O) groups is 1. The quantitative estimate of drug-likeness (QED) is 0.216. The number of benzene rings is 3. The van der Waals surface area contributed by atoms with Crippen molar-refractivity contribution in [3.63, 3.8) is 0 Å². The van der Waals surface area contributed by atoms with Crippen LogP contribution < -0.4 is 10.1 Å². The van der Waals surface area contributed by atoms with Gasteiger partial charge in [-0.15, -0.1) is 0 Å². The number of amides is 1. The van der Waals surface area contributed by atoms with Gasteiger partial charge >= 0.3 is 0 Å². The maximum atomic E-state index is 12.7. The van der Waals surface area contributed by atoms with E-state index in [2.05, 4.69) is 52.4 Å². The van der Waals surface area contributed by atoms with Gasteiger partial charge in [0.05, 0.1) is 5.02 Å². The average molecular weight is 574 g/mol. The molecule has 0 saturated carbocycles. The predicted molar refractivity (Wildman–Crippen MR) is 166 cm³/mol. The average Bonchev–Trinajstić information content (AvgIpc) is 3.35. The third-order valence-electron chi connectivity index (χ3n) is 8.55. The SMILES string of the molecule is CC1CCCN(CCCNC(=O)c2ccc(OC3CCN(Cc4ccc5oc6ccccc6c5c4)CC3)c(Cl)c2)C1. The first-order valence-electron chi connectivity index (χ1n) is 15.1. The zero-order valence-electron chi connectivity index (χ0n) is 23.9. The summed E-state index contributed by atoms with van der Waals surface area (Å²) < 4.78 is 12.3. The lowest BCUT2D eigenvalue weighted by atomic mass is 10.0. The highest BCUT2D eigenvalue weighted by Gasteiger charge is 2.22. The lowest BCUT2D eigenvalue weighted by molar-refractivity contribution is 0.0947. The zero-order valence-corrected chi connectivity index (χ0v) is 24.7. The second-order valence-corrected chi connectivity index (χ2v) is 12.2. The Kier molecular flexibility index (Phi) is 8.80. The number of hydrogen-bond donors (Lipinski definition) is 1. The first-order valence-corrected chi connectivity index (χ1v) is 15.5. The first-order chi connectivity index (χ1) is 20.0. The molecule has 216 valence electrons. The number of likely N-dealkylation sites (tertiary alicyclic amines) is 2. The van der Waals surface area contributed by atoms with Crippen LogP contribution in [0.5, 0.6) is 5.75 Å². The molecule has 1 unspecified atom stereocenters. The van der Waals surface area contributed by atoms with Crippen molar-refractivity contribution in [1.82, 2.24) is 15.1 Å². The van der Waals surface area contributed by atoms with Crippen LogP contribution >= 0.6 is 11.6 Å². The molecule has 0 aliphatic carbocycles. The lowest BCUT2D eigenvalue weighted by Crippen LogP contribution is -2.37. The molecular weight excluding hydrogens is 534 g/mol. The van der Waals surface area contributed by atoms with Gasteiger partial charge in [0.1, 0.15) is 23.0 Å². The summed E-state index contributed by atoms with van der Waals surface area (Å²) in [6.07, 6.45) is 5.55. The van der Waals surface area contributed by atoms with E-state index in [0.717, 1.165) is 62.5 Å². The third-order valence-corrected chi connectivity index (χ3v) is 8.84. The Morgan fingerprint density at radius 2 is 1.80 bits per heavy atom. The van der Waals surface area contributed by atoms with Gasteiger partial charge in [0.2, 0.25) is 0 Å². The number of fused-ring (bicyclic) bond motifs is 3. The minimum absolute atomic E-state index is 0.0830. The fourth-order valence-corrected chi connectivity index (χ4v) is 6.55. The van der Waals surface area contributed by atoms with Crippen molar-refractivity contribution < 1.29 is 13.9 Å².